The molecule has 4 rings (SSSR count). The maximum absolute atomic E-state index is 13.0. The third-order valence-electron chi connectivity index (χ3n) is 4.90. The molecule has 2 heterocycles. The van der Waals surface area contributed by atoms with E-state index in [4.69, 9.17) is 14.1 Å². The standard InChI is InChI=1S/C23H23N3O4S/c1-3-12-26-22(28)21-20(16-9-5-7-11-18(16)30-21)25-23(26)31-14-19(27)24-13-15-8-4-6-10-17(15)29-2/h4-11H,3,12-14H2,1-2H3,(H,24,27). The molecule has 8 heteroatoms. The van der Waals surface area contributed by atoms with Crippen molar-refractivity contribution in [3.8, 4) is 5.75 Å². The Labute approximate surface area is 183 Å². The molecular weight excluding hydrogens is 414 g/mol. The molecule has 160 valence electrons. The van der Waals surface area contributed by atoms with Gasteiger partial charge in [-0.25, -0.2) is 4.98 Å². The number of thioether (sulfide) groups is 1. The number of carbonyl (C=O) groups excluding carboxylic acids is 1. The number of nitrogens with one attached hydrogen (secondary N) is 1. The number of fused-ring (bicyclic) bond motifs is 3. The third-order valence-corrected chi connectivity index (χ3v) is 5.87. The van der Waals surface area contributed by atoms with Gasteiger partial charge in [-0.2, -0.15) is 0 Å². The van der Waals surface area contributed by atoms with Crippen molar-refractivity contribution in [2.24, 2.45) is 0 Å². The van der Waals surface area contributed by atoms with Crippen molar-refractivity contribution in [3.63, 3.8) is 0 Å². The highest BCUT2D eigenvalue weighted by atomic mass is 32.2. The monoisotopic (exact) mass is 437 g/mol. The van der Waals surface area contributed by atoms with Crippen LogP contribution in [-0.2, 0) is 17.9 Å². The van der Waals surface area contributed by atoms with Crippen LogP contribution >= 0.6 is 11.8 Å². The maximum Gasteiger partial charge on any atom is 0.297 e. The molecule has 0 unspecified atom stereocenters. The minimum absolute atomic E-state index is 0.145. The number of nitrogens with zero attached hydrogens (tertiary/aromatic N) is 2. The molecule has 0 atom stereocenters. The largest absolute Gasteiger partial charge is 0.496 e. The number of rotatable bonds is 8. The number of ether oxygens (including phenoxy) is 1. The number of methoxy groups -OCH3 is 1. The van der Waals surface area contributed by atoms with Crippen LogP contribution in [0.5, 0.6) is 5.75 Å². The van der Waals surface area contributed by atoms with Crippen LogP contribution in [0.1, 0.15) is 18.9 Å². The van der Waals surface area contributed by atoms with Gasteiger partial charge in [-0.3, -0.25) is 14.2 Å². The van der Waals surface area contributed by atoms with Crippen LogP contribution < -0.4 is 15.6 Å². The number of para-hydroxylation sites is 2. The van der Waals surface area contributed by atoms with Gasteiger partial charge in [0.05, 0.1) is 12.9 Å². The highest BCUT2D eigenvalue weighted by Crippen LogP contribution is 2.27. The van der Waals surface area contributed by atoms with Crippen molar-refractivity contribution in [3.05, 3.63) is 64.4 Å². The Morgan fingerprint density at radius 2 is 1.97 bits per heavy atom. The lowest BCUT2D eigenvalue weighted by Crippen LogP contribution is -2.26. The molecule has 31 heavy (non-hydrogen) atoms. The van der Waals surface area contributed by atoms with Crippen molar-refractivity contribution in [2.75, 3.05) is 12.9 Å². The molecule has 0 spiro atoms. The van der Waals surface area contributed by atoms with E-state index >= 15 is 0 Å². The zero-order chi connectivity index (χ0) is 21.8. The second kappa shape index (κ2) is 9.26. The number of hydrogen-bond acceptors (Lipinski definition) is 6. The lowest BCUT2D eigenvalue weighted by Gasteiger charge is -2.11. The summed E-state index contributed by atoms with van der Waals surface area (Å²) in [4.78, 5) is 30.2. The third kappa shape index (κ3) is 4.29. The van der Waals surface area contributed by atoms with E-state index in [1.165, 1.54) is 11.8 Å². The summed E-state index contributed by atoms with van der Waals surface area (Å²) in [5.74, 6) is 0.726. The van der Waals surface area contributed by atoms with Gasteiger partial charge in [0.1, 0.15) is 16.8 Å². The highest BCUT2D eigenvalue weighted by molar-refractivity contribution is 7.99. The van der Waals surface area contributed by atoms with Gasteiger partial charge >= 0.3 is 0 Å². The quantitative estimate of drug-likeness (QED) is 0.332. The molecule has 0 fully saturated rings. The minimum atomic E-state index is -0.222. The molecule has 0 radical (unpaired) electrons. The van der Waals surface area contributed by atoms with Gasteiger partial charge in [-0.1, -0.05) is 49.0 Å². The van der Waals surface area contributed by atoms with Gasteiger partial charge in [0, 0.05) is 24.0 Å². The Hall–Kier alpha value is -3.26. The van der Waals surface area contributed by atoms with E-state index in [1.54, 1.807) is 11.7 Å². The number of amides is 1. The van der Waals surface area contributed by atoms with Gasteiger partial charge in [-0.05, 0) is 24.6 Å². The van der Waals surface area contributed by atoms with Crippen molar-refractivity contribution in [2.45, 2.75) is 31.6 Å². The maximum atomic E-state index is 13.0. The topological polar surface area (TPSA) is 86.4 Å². The van der Waals surface area contributed by atoms with E-state index < -0.39 is 0 Å². The first kappa shape index (κ1) is 21.0. The van der Waals surface area contributed by atoms with Crippen LogP contribution in [-0.4, -0.2) is 28.3 Å². The average molecular weight is 438 g/mol. The molecule has 1 N–H and O–H groups in total. The minimum Gasteiger partial charge on any atom is -0.496 e. The summed E-state index contributed by atoms with van der Waals surface area (Å²) in [6, 6.07) is 15.0. The van der Waals surface area contributed by atoms with Crippen LogP contribution in [0.15, 0.2) is 62.9 Å². The molecule has 4 aromatic rings. The molecule has 0 aliphatic heterocycles. The zero-order valence-corrected chi connectivity index (χ0v) is 18.2. The summed E-state index contributed by atoms with van der Waals surface area (Å²) in [5, 5.41) is 4.20. The van der Waals surface area contributed by atoms with Gasteiger partial charge in [0.15, 0.2) is 5.16 Å². The molecule has 1 amide bonds. The van der Waals surface area contributed by atoms with E-state index in [0.717, 1.165) is 23.1 Å². The summed E-state index contributed by atoms with van der Waals surface area (Å²) in [5.41, 5.74) is 2.09. The van der Waals surface area contributed by atoms with E-state index in [0.29, 0.717) is 29.3 Å². The summed E-state index contributed by atoms with van der Waals surface area (Å²) >= 11 is 1.25. The average Bonchev–Trinajstić information content (AvgIpc) is 3.17. The molecule has 0 bridgehead atoms. The lowest BCUT2D eigenvalue weighted by atomic mass is 10.2. The lowest BCUT2D eigenvalue weighted by molar-refractivity contribution is -0.118. The molecular formula is C23H23N3O4S. The Kier molecular flexibility index (Phi) is 6.27. The predicted molar refractivity (Wildman–Crippen MR) is 122 cm³/mol. The van der Waals surface area contributed by atoms with Crippen LogP contribution in [0.25, 0.3) is 22.1 Å². The van der Waals surface area contributed by atoms with Crippen molar-refractivity contribution < 1.29 is 13.9 Å². The van der Waals surface area contributed by atoms with Gasteiger partial charge in [0.25, 0.3) is 5.56 Å². The van der Waals surface area contributed by atoms with E-state index in [1.807, 2.05) is 55.5 Å². The van der Waals surface area contributed by atoms with E-state index in [9.17, 15) is 9.59 Å². The molecule has 0 saturated carbocycles. The zero-order valence-electron chi connectivity index (χ0n) is 17.4. The van der Waals surface area contributed by atoms with Crippen LogP contribution in [0.2, 0.25) is 0 Å². The molecule has 0 aliphatic rings. The molecule has 0 saturated heterocycles. The van der Waals surface area contributed by atoms with Crippen LogP contribution in [0.4, 0.5) is 0 Å². The summed E-state index contributed by atoms with van der Waals surface area (Å²) < 4.78 is 12.7. The molecule has 0 aliphatic carbocycles. The van der Waals surface area contributed by atoms with Gasteiger partial charge in [0.2, 0.25) is 11.5 Å². The van der Waals surface area contributed by atoms with Crippen LogP contribution in [0.3, 0.4) is 0 Å². The predicted octanol–water partition coefficient (Wildman–Crippen LogP) is 3.97. The Bertz CT molecular complexity index is 1300. The Balaban J connectivity index is 1.55. The summed E-state index contributed by atoms with van der Waals surface area (Å²) in [6.45, 7) is 2.86. The Morgan fingerprint density at radius 1 is 1.19 bits per heavy atom. The number of benzene rings is 2. The first-order valence-electron chi connectivity index (χ1n) is 10.1. The fourth-order valence-electron chi connectivity index (χ4n) is 3.41. The number of furan rings is 1. The Morgan fingerprint density at radius 3 is 2.77 bits per heavy atom. The van der Waals surface area contributed by atoms with E-state index in [2.05, 4.69) is 5.32 Å². The van der Waals surface area contributed by atoms with Crippen LogP contribution in [0, 0.1) is 0 Å². The second-order valence-electron chi connectivity index (χ2n) is 7.00. The molecule has 2 aromatic heterocycles. The second-order valence-corrected chi connectivity index (χ2v) is 7.95. The number of hydrogen-bond donors (Lipinski definition) is 1. The summed E-state index contributed by atoms with van der Waals surface area (Å²) in [7, 11) is 1.60. The normalized spacial score (nSPS) is 11.2. The molecule has 7 nitrogen and oxygen atoms in total. The highest BCUT2D eigenvalue weighted by Gasteiger charge is 2.18. The van der Waals surface area contributed by atoms with Gasteiger partial charge in [-0.15, -0.1) is 0 Å². The SMILES string of the molecule is CCCn1c(SCC(=O)NCc2ccccc2OC)nc2c(oc3ccccc32)c1=O. The smallest absolute Gasteiger partial charge is 0.297 e. The van der Waals surface area contributed by atoms with Gasteiger partial charge < -0.3 is 14.5 Å². The van der Waals surface area contributed by atoms with Crippen molar-refractivity contribution in [1.82, 2.24) is 14.9 Å². The van der Waals surface area contributed by atoms with Crippen molar-refractivity contribution >= 4 is 39.7 Å². The fourth-order valence-corrected chi connectivity index (χ4v) is 4.26. The summed E-state index contributed by atoms with van der Waals surface area (Å²) in [6.07, 6.45) is 0.765. The number of aromatic nitrogens is 2. The van der Waals surface area contributed by atoms with Crippen molar-refractivity contribution in [1.29, 1.82) is 0 Å². The molecule has 2 aromatic carbocycles. The number of carbonyl (C=O) groups is 1. The fraction of sp³-hybridized carbons (Fsp3) is 0.261. The first-order chi connectivity index (χ1) is 15.1. The first-order valence-corrected chi connectivity index (χ1v) is 11.0. The van der Waals surface area contributed by atoms with E-state index in [-0.39, 0.29) is 22.8 Å².